The molecule has 0 saturated carbocycles. The van der Waals surface area contributed by atoms with Gasteiger partial charge < -0.3 is 14.4 Å². The highest BCUT2D eigenvalue weighted by Gasteiger charge is 2.43. The highest BCUT2D eigenvalue weighted by atomic mass is 16.7. The van der Waals surface area contributed by atoms with Gasteiger partial charge in [-0.3, -0.25) is 15.1 Å². The van der Waals surface area contributed by atoms with Crippen LogP contribution in [0.5, 0.6) is 0 Å². The second kappa shape index (κ2) is 4.89. The van der Waals surface area contributed by atoms with E-state index in [0.29, 0.717) is 25.1 Å². The molecule has 0 radical (unpaired) electrons. The largest absolute Gasteiger partial charge is 0.365 e. The molecule has 2 aromatic rings. The molecule has 0 N–H and O–H groups in total. The van der Waals surface area contributed by atoms with Gasteiger partial charge in [-0.2, -0.15) is 0 Å². The van der Waals surface area contributed by atoms with Crippen LogP contribution < -0.4 is 4.90 Å². The lowest BCUT2D eigenvalue weighted by Crippen LogP contribution is -2.34. The molecule has 22 heavy (non-hydrogen) atoms. The molecule has 1 spiro atoms. The van der Waals surface area contributed by atoms with E-state index in [9.17, 15) is 10.1 Å². The fraction of sp³-hybridized carbons (Fsp3) is 0.400. The molecule has 2 aliphatic rings. The third-order valence-electron chi connectivity index (χ3n) is 4.32. The maximum absolute atomic E-state index is 11.2. The summed E-state index contributed by atoms with van der Waals surface area (Å²) in [7, 11) is 0. The Hall–Kier alpha value is -2.25. The first kappa shape index (κ1) is 13.4. The van der Waals surface area contributed by atoms with Gasteiger partial charge in [0.15, 0.2) is 5.79 Å². The number of nitro groups is 1. The van der Waals surface area contributed by atoms with Crippen molar-refractivity contribution in [3.63, 3.8) is 0 Å². The normalized spacial score (nSPS) is 20.1. The molecule has 0 amide bonds. The van der Waals surface area contributed by atoms with Gasteiger partial charge in [0.25, 0.3) is 5.69 Å². The molecule has 1 aromatic carbocycles. The van der Waals surface area contributed by atoms with Gasteiger partial charge in [0.05, 0.1) is 30.1 Å². The number of ether oxygens (including phenoxy) is 2. The summed E-state index contributed by atoms with van der Waals surface area (Å²) in [5.41, 5.74) is 1.04. The summed E-state index contributed by atoms with van der Waals surface area (Å²) in [4.78, 5) is 17.0. The second-order valence-electron chi connectivity index (χ2n) is 5.56. The van der Waals surface area contributed by atoms with Crippen molar-refractivity contribution >= 4 is 22.1 Å². The van der Waals surface area contributed by atoms with E-state index in [0.717, 1.165) is 24.0 Å². The van der Waals surface area contributed by atoms with E-state index in [1.165, 1.54) is 0 Å². The average Bonchev–Trinajstić information content (AvgIpc) is 3.16. The lowest BCUT2D eigenvalue weighted by molar-refractivity contribution is -0.383. The van der Waals surface area contributed by atoms with Crippen LogP contribution in [0.15, 0.2) is 30.6 Å². The van der Waals surface area contributed by atoms with Gasteiger partial charge in [-0.05, 0) is 12.1 Å². The zero-order chi connectivity index (χ0) is 15.2. The summed E-state index contributed by atoms with van der Waals surface area (Å²) in [5, 5.41) is 12.6. The highest BCUT2D eigenvalue weighted by Crippen LogP contribution is 2.38. The molecule has 2 saturated heterocycles. The van der Waals surface area contributed by atoms with Crippen molar-refractivity contribution in [2.75, 3.05) is 31.2 Å². The van der Waals surface area contributed by atoms with Gasteiger partial charge in [0, 0.05) is 42.5 Å². The van der Waals surface area contributed by atoms with Gasteiger partial charge in [-0.25, -0.2) is 0 Å². The van der Waals surface area contributed by atoms with Gasteiger partial charge in [0.2, 0.25) is 0 Å². The molecule has 0 bridgehead atoms. The third-order valence-corrected chi connectivity index (χ3v) is 4.32. The first-order chi connectivity index (χ1) is 10.7. The lowest BCUT2D eigenvalue weighted by atomic mass is 10.1. The van der Waals surface area contributed by atoms with E-state index in [1.54, 1.807) is 24.5 Å². The number of anilines is 1. The molecule has 1 aromatic heterocycles. The maximum Gasteiger partial charge on any atom is 0.278 e. The number of nitro benzene ring substituents is 1. The minimum atomic E-state index is -0.513. The Kier molecular flexibility index (Phi) is 2.98. The number of pyridine rings is 1. The van der Waals surface area contributed by atoms with Crippen LogP contribution in [0.1, 0.15) is 6.42 Å². The van der Waals surface area contributed by atoms with E-state index in [2.05, 4.69) is 9.88 Å². The van der Waals surface area contributed by atoms with Gasteiger partial charge in [-0.1, -0.05) is 0 Å². The summed E-state index contributed by atoms with van der Waals surface area (Å²) in [6, 6.07) is 5.16. The van der Waals surface area contributed by atoms with E-state index < -0.39 is 5.79 Å². The van der Waals surface area contributed by atoms with Crippen LogP contribution in [-0.2, 0) is 9.47 Å². The molecule has 7 nitrogen and oxygen atoms in total. The van der Waals surface area contributed by atoms with E-state index >= 15 is 0 Å². The van der Waals surface area contributed by atoms with Crippen LogP contribution >= 0.6 is 0 Å². The highest BCUT2D eigenvalue weighted by molar-refractivity contribution is 5.99. The summed E-state index contributed by atoms with van der Waals surface area (Å²) in [5.74, 6) is -0.513. The van der Waals surface area contributed by atoms with Crippen molar-refractivity contribution in [2.24, 2.45) is 0 Å². The molecule has 2 fully saturated rings. The first-order valence-electron chi connectivity index (χ1n) is 7.23. The molecular formula is C15H15N3O4. The van der Waals surface area contributed by atoms with Crippen LogP contribution in [0.2, 0.25) is 0 Å². The molecular weight excluding hydrogens is 286 g/mol. The topological polar surface area (TPSA) is 77.7 Å². The Morgan fingerprint density at radius 1 is 1.23 bits per heavy atom. The van der Waals surface area contributed by atoms with E-state index in [1.807, 2.05) is 6.07 Å². The smallest absolute Gasteiger partial charge is 0.278 e. The number of hydrogen-bond donors (Lipinski definition) is 0. The number of non-ortho nitro benzene ring substituents is 1. The van der Waals surface area contributed by atoms with Crippen LogP contribution in [0, 0.1) is 10.1 Å². The number of hydrogen-bond acceptors (Lipinski definition) is 6. The summed E-state index contributed by atoms with van der Waals surface area (Å²) >= 11 is 0. The molecule has 2 aliphatic heterocycles. The molecule has 3 heterocycles. The van der Waals surface area contributed by atoms with Crippen molar-refractivity contribution in [3.05, 3.63) is 40.7 Å². The van der Waals surface area contributed by atoms with Crippen LogP contribution in [0.4, 0.5) is 11.4 Å². The Morgan fingerprint density at radius 2 is 2.05 bits per heavy atom. The van der Waals surface area contributed by atoms with Gasteiger partial charge in [0.1, 0.15) is 0 Å². The molecule has 7 heteroatoms. The van der Waals surface area contributed by atoms with Crippen LogP contribution in [0.25, 0.3) is 10.8 Å². The predicted octanol–water partition coefficient (Wildman–Crippen LogP) is 2.10. The predicted molar refractivity (Wildman–Crippen MR) is 79.9 cm³/mol. The third kappa shape index (κ3) is 2.01. The fourth-order valence-electron chi connectivity index (χ4n) is 3.29. The Labute approximate surface area is 126 Å². The molecule has 4 rings (SSSR count). The van der Waals surface area contributed by atoms with E-state index in [-0.39, 0.29) is 10.6 Å². The number of fused-ring (bicyclic) bond motifs is 1. The minimum Gasteiger partial charge on any atom is -0.365 e. The number of rotatable bonds is 2. The summed E-state index contributed by atoms with van der Waals surface area (Å²) < 4.78 is 11.5. The average molecular weight is 301 g/mol. The van der Waals surface area contributed by atoms with Crippen molar-refractivity contribution in [1.29, 1.82) is 0 Å². The van der Waals surface area contributed by atoms with Crippen molar-refractivity contribution < 1.29 is 14.4 Å². The maximum atomic E-state index is 11.2. The number of benzene rings is 1. The SMILES string of the molecule is O=[N+]([O-])c1ccc(N2CCC3(C2)OCCO3)c2ccncc12. The van der Waals surface area contributed by atoms with Crippen molar-refractivity contribution in [3.8, 4) is 0 Å². The minimum absolute atomic E-state index is 0.0779. The van der Waals surface area contributed by atoms with Crippen molar-refractivity contribution in [1.82, 2.24) is 4.98 Å². The monoisotopic (exact) mass is 301 g/mol. The van der Waals surface area contributed by atoms with E-state index in [4.69, 9.17) is 9.47 Å². The Morgan fingerprint density at radius 3 is 2.82 bits per heavy atom. The second-order valence-corrected chi connectivity index (χ2v) is 5.56. The zero-order valence-corrected chi connectivity index (χ0v) is 11.9. The lowest BCUT2D eigenvalue weighted by Gasteiger charge is -2.24. The molecule has 0 atom stereocenters. The molecule has 0 aliphatic carbocycles. The van der Waals surface area contributed by atoms with Gasteiger partial charge >= 0.3 is 0 Å². The van der Waals surface area contributed by atoms with Crippen molar-refractivity contribution in [2.45, 2.75) is 12.2 Å². The number of aromatic nitrogens is 1. The first-order valence-corrected chi connectivity index (χ1v) is 7.23. The Balaban J connectivity index is 1.77. The fourth-order valence-corrected chi connectivity index (χ4v) is 3.29. The van der Waals surface area contributed by atoms with Gasteiger partial charge in [-0.15, -0.1) is 0 Å². The summed E-state index contributed by atoms with van der Waals surface area (Å²) in [6.45, 7) is 2.69. The van der Waals surface area contributed by atoms with Crippen LogP contribution in [-0.4, -0.2) is 42.0 Å². The quantitative estimate of drug-likeness (QED) is 0.624. The molecule has 114 valence electrons. The van der Waals surface area contributed by atoms with Crippen LogP contribution in [0.3, 0.4) is 0 Å². The summed E-state index contributed by atoms with van der Waals surface area (Å²) in [6.07, 6.45) is 4.01. The molecule has 0 unspecified atom stereocenters. The Bertz CT molecular complexity index is 743. The number of nitrogens with zero attached hydrogens (tertiary/aromatic N) is 3. The zero-order valence-electron chi connectivity index (χ0n) is 11.9. The standard InChI is InChI=1S/C15H15N3O4/c19-18(20)14-2-1-13(11-3-5-16-9-12(11)14)17-6-4-15(10-17)21-7-8-22-15/h1-3,5,9H,4,6-8,10H2.